The predicted molar refractivity (Wildman–Crippen MR) is 109 cm³/mol. The highest BCUT2D eigenvalue weighted by atomic mass is 35.5. The summed E-state index contributed by atoms with van der Waals surface area (Å²) in [6.45, 7) is 1.65. The number of methoxy groups -OCH3 is 1. The Kier molecular flexibility index (Phi) is 5.00. The number of benzene rings is 2. The van der Waals surface area contributed by atoms with Gasteiger partial charge in [-0.05, 0) is 43.0 Å². The van der Waals surface area contributed by atoms with E-state index >= 15 is 0 Å². The van der Waals surface area contributed by atoms with Crippen LogP contribution in [0.5, 0.6) is 5.75 Å². The molecule has 1 atom stereocenters. The summed E-state index contributed by atoms with van der Waals surface area (Å²) in [4.78, 5) is 15.4. The number of amides is 1. The second-order valence-electron chi connectivity index (χ2n) is 7.52. The minimum atomic E-state index is -0.345. The highest BCUT2D eigenvalue weighted by Gasteiger charge is 2.46. The van der Waals surface area contributed by atoms with Gasteiger partial charge in [0.05, 0.1) is 18.2 Å². The Labute approximate surface area is 165 Å². The highest BCUT2D eigenvalue weighted by molar-refractivity contribution is 6.30. The summed E-state index contributed by atoms with van der Waals surface area (Å²) in [6, 6.07) is 16.0. The van der Waals surface area contributed by atoms with Crippen LogP contribution in [-0.2, 0) is 10.2 Å². The zero-order valence-corrected chi connectivity index (χ0v) is 16.3. The fourth-order valence-corrected chi connectivity index (χ4v) is 4.43. The fraction of sp³-hybridized carbons (Fsp3) is 0.409. The average Bonchev–Trinajstić information content (AvgIpc) is 3.10. The smallest absolute Gasteiger partial charge is 0.230 e. The average molecular weight is 385 g/mol. The molecule has 1 amide bonds. The van der Waals surface area contributed by atoms with Gasteiger partial charge >= 0.3 is 0 Å². The number of carbonyl (C=O) groups is 1. The van der Waals surface area contributed by atoms with Crippen LogP contribution < -0.4 is 15.0 Å². The third-order valence-corrected chi connectivity index (χ3v) is 6.21. The van der Waals surface area contributed by atoms with Gasteiger partial charge in [0.2, 0.25) is 5.91 Å². The minimum Gasteiger partial charge on any atom is -0.495 e. The van der Waals surface area contributed by atoms with Gasteiger partial charge in [-0.3, -0.25) is 4.79 Å². The predicted octanol–water partition coefficient (Wildman–Crippen LogP) is 4.17. The molecule has 1 N–H and O–H groups in total. The molecule has 1 saturated heterocycles. The van der Waals surface area contributed by atoms with Crippen molar-refractivity contribution in [3.8, 4) is 5.75 Å². The molecule has 5 heteroatoms. The van der Waals surface area contributed by atoms with Gasteiger partial charge in [-0.2, -0.15) is 0 Å². The number of nitrogens with one attached hydrogen (secondary N) is 1. The molecular weight excluding hydrogens is 360 g/mol. The molecule has 142 valence electrons. The highest BCUT2D eigenvalue weighted by Crippen LogP contribution is 2.44. The third kappa shape index (κ3) is 3.39. The number of rotatable bonds is 5. The van der Waals surface area contributed by atoms with E-state index in [0.29, 0.717) is 5.02 Å². The van der Waals surface area contributed by atoms with Crippen LogP contribution in [0.1, 0.15) is 31.2 Å². The second-order valence-corrected chi connectivity index (χ2v) is 7.96. The number of hydrogen-bond donors (Lipinski definition) is 1. The molecule has 0 radical (unpaired) electrons. The van der Waals surface area contributed by atoms with Crippen LogP contribution in [0.25, 0.3) is 0 Å². The van der Waals surface area contributed by atoms with Gasteiger partial charge in [-0.15, -0.1) is 0 Å². The van der Waals surface area contributed by atoms with E-state index in [-0.39, 0.29) is 17.4 Å². The normalized spacial score (nSPS) is 20.8. The molecule has 4 nitrogen and oxygen atoms in total. The van der Waals surface area contributed by atoms with Gasteiger partial charge in [-0.25, -0.2) is 0 Å². The number of nitrogens with zero attached hydrogens (tertiary/aromatic N) is 1. The summed E-state index contributed by atoms with van der Waals surface area (Å²) >= 11 is 6.18. The molecule has 1 heterocycles. The first-order valence-corrected chi connectivity index (χ1v) is 9.95. The molecule has 2 aliphatic rings. The first kappa shape index (κ1) is 18.2. The molecule has 1 aliphatic carbocycles. The Morgan fingerprint density at radius 1 is 1.22 bits per heavy atom. The summed E-state index contributed by atoms with van der Waals surface area (Å²) in [6.07, 6.45) is 3.90. The lowest BCUT2D eigenvalue weighted by molar-refractivity contribution is -0.130. The Morgan fingerprint density at radius 3 is 2.67 bits per heavy atom. The molecular formula is C22H25ClN2O2. The lowest BCUT2D eigenvalue weighted by Gasteiger charge is -2.41. The van der Waals surface area contributed by atoms with Crippen LogP contribution in [0.2, 0.25) is 5.02 Å². The standard InChI is InChI=1S/C22H25ClN2O2/c1-27-20-9-8-17(23)14-19(20)25-13-10-18(15-25)24-21(26)22(11-5-12-22)16-6-3-2-4-7-16/h2-4,6-9,14,18H,5,10-13,15H2,1H3,(H,24,26)/t18-/m1/s1. The van der Waals surface area contributed by atoms with Crippen molar-refractivity contribution in [1.29, 1.82) is 0 Å². The van der Waals surface area contributed by atoms with E-state index in [1.807, 2.05) is 36.4 Å². The molecule has 2 fully saturated rings. The van der Waals surface area contributed by atoms with Gasteiger partial charge in [0, 0.05) is 24.2 Å². The third-order valence-electron chi connectivity index (χ3n) is 5.97. The van der Waals surface area contributed by atoms with Gasteiger partial charge in [0.15, 0.2) is 0 Å². The monoisotopic (exact) mass is 384 g/mol. The van der Waals surface area contributed by atoms with E-state index in [0.717, 1.165) is 55.8 Å². The molecule has 0 unspecified atom stereocenters. The lowest BCUT2D eigenvalue weighted by atomic mass is 9.63. The van der Waals surface area contributed by atoms with Crippen molar-refractivity contribution in [1.82, 2.24) is 5.32 Å². The number of hydrogen-bond acceptors (Lipinski definition) is 3. The first-order valence-electron chi connectivity index (χ1n) is 9.57. The summed E-state index contributed by atoms with van der Waals surface area (Å²) in [7, 11) is 1.67. The van der Waals surface area contributed by atoms with Crippen molar-refractivity contribution in [2.45, 2.75) is 37.1 Å². The fourth-order valence-electron chi connectivity index (χ4n) is 4.27. The number of halogens is 1. The Morgan fingerprint density at radius 2 is 2.00 bits per heavy atom. The molecule has 1 aliphatic heterocycles. The molecule has 0 aromatic heterocycles. The van der Waals surface area contributed by atoms with E-state index in [4.69, 9.17) is 16.3 Å². The van der Waals surface area contributed by atoms with Gasteiger partial charge in [0.25, 0.3) is 0 Å². The van der Waals surface area contributed by atoms with E-state index in [2.05, 4.69) is 22.3 Å². The quantitative estimate of drug-likeness (QED) is 0.841. The minimum absolute atomic E-state index is 0.141. The van der Waals surface area contributed by atoms with Crippen LogP contribution in [-0.4, -0.2) is 32.1 Å². The Bertz CT molecular complexity index is 820. The lowest BCUT2D eigenvalue weighted by Crippen LogP contribution is -2.52. The second kappa shape index (κ2) is 7.43. The first-order chi connectivity index (χ1) is 13.1. The maximum Gasteiger partial charge on any atom is 0.230 e. The molecule has 27 heavy (non-hydrogen) atoms. The summed E-state index contributed by atoms with van der Waals surface area (Å²) in [5.74, 6) is 0.982. The van der Waals surface area contributed by atoms with Gasteiger partial charge < -0.3 is 15.0 Å². The van der Waals surface area contributed by atoms with Crippen LogP contribution in [0.3, 0.4) is 0 Å². The summed E-state index contributed by atoms with van der Waals surface area (Å²) in [5.41, 5.74) is 1.78. The topological polar surface area (TPSA) is 41.6 Å². The van der Waals surface area contributed by atoms with Crippen LogP contribution in [0.15, 0.2) is 48.5 Å². The summed E-state index contributed by atoms with van der Waals surface area (Å²) < 4.78 is 5.48. The maximum absolute atomic E-state index is 13.1. The van der Waals surface area contributed by atoms with Crippen molar-refractivity contribution in [3.05, 3.63) is 59.1 Å². The molecule has 0 spiro atoms. The van der Waals surface area contributed by atoms with E-state index in [1.165, 1.54) is 0 Å². The van der Waals surface area contributed by atoms with Crippen molar-refractivity contribution in [2.24, 2.45) is 0 Å². The molecule has 2 aromatic rings. The molecule has 1 saturated carbocycles. The number of ether oxygens (including phenoxy) is 1. The molecule has 4 rings (SSSR count). The Balaban J connectivity index is 1.46. The van der Waals surface area contributed by atoms with Gasteiger partial charge in [-0.1, -0.05) is 48.4 Å². The molecule has 0 bridgehead atoms. The maximum atomic E-state index is 13.1. The largest absolute Gasteiger partial charge is 0.495 e. The van der Waals surface area contributed by atoms with E-state index in [1.54, 1.807) is 7.11 Å². The van der Waals surface area contributed by atoms with Crippen LogP contribution in [0, 0.1) is 0 Å². The zero-order valence-electron chi connectivity index (χ0n) is 15.6. The van der Waals surface area contributed by atoms with Crippen molar-refractivity contribution in [2.75, 3.05) is 25.1 Å². The van der Waals surface area contributed by atoms with E-state index < -0.39 is 0 Å². The van der Waals surface area contributed by atoms with Crippen molar-refractivity contribution >= 4 is 23.2 Å². The van der Waals surface area contributed by atoms with Crippen molar-refractivity contribution in [3.63, 3.8) is 0 Å². The zero-order chi connectivity index (χ0) is 18.9. The van der Waals surface area contributed by atoms with Crippen LogP contribution in [0.4, 0.5) is 5.69 Å². The number of carbonyl (C=O) groups excluding carboxylic acids is 1. The van der Waals surface area contributed by atoms with Gasteiger partial charge in [0.1, 0.15) is 5.75 Å². The Hall–Kier alpha value is -2.20. The SMILES string of the molecule is COc1ccc(Cl)cc1N1CC[C@@H](NC(=O)C2(c3ccccc3)CCC2)C1. The van der Waals surface area contributed by atoms with Crippen LogP contribution >= 0.6 is 11.6 Å². The van der Waals surface area contributed by atoms with Crippen molar-refractivity contribution < 1.29 is 9.53 Å². The van der Waals surface area contributed by atoms with E-state index in [9.17, 15) is 4.79 Å². The molecule has 2 aromatic carbocycles. The summed E-state index contributed by atoms with van der Waals surface area (Å²) in [5, 5.41) is 4.01. The number of anilines is 1.